The Kier molecular flexibility index (Phi) is 6.64. The van der Waals surface area contributed by atoms with Crippen LogP contribution in [0.1, 0.15) is 34.0 Å². The molecule has 0 radical (unpaired) electrons. The first-order valence-corrected chi connectivity index (χ1v) is 11.3. The minimum atomic E-state index is -4.00. The molecule has 3 aromatic rings. The van der Waals surface area contributed by atoms with E-state index in [0.717, 1.165) is 11.1 Å². The number of hydrogen-bond donors (Lipinski definition) is 2. The van der Waals surface area contributed by atoms with Gasteiger partial charge in [0.1, 0.15) is 10.6 Å². The second-order valence-electron chi connectivity index (χ2n) is 7.50. The summed E-state index contributed by atoms with van der Waals surface area (Å²) in [7, 11) is -4.00. The molecule has 0 heterocycles. The molecule has 0 bridgehead atoms. The van der Waals surface area contributed by atoms with Gasteiger partial charge in [-0.1, -0.05) is 18.2 Å². The van der Waals surface area contributed by atoms with Crippen LogP contribution in [0.4, 0.5) is 11.4 Å². The van der Waals surface area contributed by atoms with Crippen LogP contribution in [-0.4, -0.2) is 20.2 Å². The van der Waals surface area contributed by atoms with E-state index in [-0.39, 0.29) is 22.5 Å². The van der Waals surface area contributed by atoms with Gasteiger partial charge in [0.05, 0.1) is 0 Å². The second-order valence-corrected chi connectivity index (χ2v) is 9.01. The zero-order valence-corrected chi connectivity index (χ0v) is 19.0. The zero-order valence-electron chi connectivity index (χ0n) is 18.2. The summed E-state index contributed by atoms with van der Waals surface area (Å²) >= 11 is 0. The zero-order chi connectivity index (χ0) is 23.5. The first kappa shape index (κ1) is 23.0. The molecule has 3 rings (SSSR count). The number of amides is 2. The molecule has 0 aliphatic rings. The van der Waals surface area contributed by atoms with E-state index in [0.29, 0.717) is 22.5 Å². The molecule has 7 nitrogen and oxygen atoms in total. The first-order chi connectivity index (χ1) is 15.0. The van der Waals surface area contributed by atoms with Crippen molar-refractivity contribution in [3.8, 4) is 5.75 Å². The van der Waals surface area contributed by atoms with E-state index < -0.39 is 10.1 Å². The molecule has 32 heavy (non-hydrogen) atoms. The summed E-state index contributed by atoms with van der Waals surface area (Å²) in [5.41, 5.74) is 3.67. The molecular weight excluding hydrogens is 428 g/mol. The highest BCUT2D eigenvalue weighted by molar-refractivity contribution is 7.87. The molecule has 2 amide bonds. The molecule has 0 saturated heterocycles. The molecule has 0 spiro atoms. The highest BCUT2D eigenvalue weighted by atomic mass is 32.2. The molecule has 2 N–H and O–H groups in total. The van der Waals surface area contributed by atoms with Crippen LogP contribution in [0, 0.1) is 20.8 Å². The van der Waals surface area contributed by atoms with Crippen LogP contribution in [-0.2, 0) is 14.9 Å². The van der Waals surface area contributed by atoms with E-state index in [1.54, 1.807) is 44.2 Å². The number of carbonyl (C=O) groups is 2. The second kappa shape index (κ2) is 9.23. The lowest BCUT2D eigenvalue weighted by molar-refractivity contribution is -0.114. The van der Waals surface area contributed by atoms with Crippen molar-refractivity contribution in [1.29, 1.82) is 0 Å². The van der Waals surface area contributed by atoms with Gasteiger partial charge in [0.2, 0.25) is 5.91 Å². The maximum Gasteiger partial charge on any atom is 0.339 e. The fraction of sp³-hybridized carbons (Fsp3) is 0.167. The molecule has 0 saturated carbocycles. The van der Waals surface area contributed by atoms with Gasteiger partial charge in [-0.2, -0.15) is 8.42 Å². The molecule has 166 valence electrons. The van der Waals surface area contributed by atoms with Gasteiger partial charge < -0.3 is 14.8 Å². The van der Waals surface area contributed by atoms with Gasteiger partial charge in [-0.3, -0.25) is 9.59 Å². The van der Waals surface area contributed by atoms with Crippen LogP contribution in [0.25, 0.3) is 0 Å². The van der Waals surface area contributed by atoms with Gasteiger partial charge in [-0.25, -0.2) is 0 Å². The van der Waals surface area contributed by atoms with E-state index in [1.807, 2.05) is 13.0 Å². The fourth-order valence-corrected chi connectivity index (χ4v) is 4.29. The molecule has 0 atom stereocenters. The summed E-state index contributed by atoms with van der Waals surface area (Å²) in [6.45, 7) is 6.75. The number of aryl methyl sites for hydroxylation is 3. The van der Waals surface area contributed by atoms with Crippen molar-refractivity contribution in [2.45, 2.75) is 32.6 Å². The van der Waals surface area contributed by atoms with Crippen molar-refractivity contribution in [3.63, 3.8) is 0 Å². The molecule has 0 aliphatic carbocycles. The van der Waals surface area contributed by atoms with E-state index in [1.165, 1.54) is 31.2 Å². The lowest BCUT2D eigenvalue weighted by atomic mass is 10.1. The Morgan fingerprint density at radius 1 is 0.812 bits per heavy atom. The van der Waals surface area contributed by atoms with Gasteiger partial charge in [0.25, 0.3) is 5.91 Å². The molecule has 0 fully saturated rings. The van der Waals surface area contributed by atoms with Crippen LogP contribution in [0.5, 0.6) is 5.75 Å². The Labute approximate surface area is 187 Å². The number of nitrogens with one attached hydrogen (secondary N) is 2. The molecule has 0 aliphatic heterocycles. The lowest BCUT2D eigenvalue weighted by Gasteiger charge is -2.12. The third-order valence-corrected chi connectivity index (χ3v) is 6.13. The van der Waals surface area contributed by atoms with E-state index in [9.17, 15) is 18.0 Å². The van der Waals surface area contributed by atoms with Crippen molar-refractivity contribution in [3.05, 3.63) is 82.9 Å². The maximum atomic E-state index is 12.6. The Balaban J connectivity index is 1.75. The third kappa shape index (κ3) is 5.53. The number of benzene rings is 3. The Morgan fingerprint density at radius 3 is 2.12 bits per heavy atom. The number of hydrogen-bond acceptors (Lipinski definition) is 5. The van der Waals surface area contributed by atoms with Gasteiger partial charge in [-0.15, -0.1) is 0 Å². The summed E-state index contributed by atoms with van der Waals surface area (Å²) < 4.78 is 30.5. The summed E-state index contributed by atoms with van der Waals surface area (Å²) in [4.78, 5) is 24.0. The SMILES string of the molecule is CC(=O)Nc1ccc(C)c(NC(=O)c2ccc(OS(=O)(=O)c3cc(C)ccc3C)cc2)c1. The Hall–Kier alpha value is -3.65. The number of carbonyl (C=O) groups excluding carboxylic acids is 2. The van der Waals surface area contributed by atoms with Crippen LogP contribution < -0.4 is 14.8 Å². The van der Waals surface area contributed by atoms with Crippen LogP contribution in [0.2, 0.25) is 0 Å². The van der Waals surface area contributed by atoms with E-state index in [2.05, 4.69) is 10.6 Å². The minimum Gasteiger partial charge on any atom is -0.379 e. The average molecular weight is 453 g/mol. The maximum absolute atomic E-state index is 12.6. The van der Waals surface area contributed by atoms with Crippen molar-refractivity contribution in [2.75, 3.05) is 10.6 Å². The van der Waals surface area contributed by atoms with Gasteiger partial charge in [0, 0.05) is 23.9 Å². The predicted molar refractivity (Wildman–Crippen MR) is 124 cm³/mol. The molecular formula is C24H24N2O5S. The van der Waals surface area contributed by atoms with Crippen molar-refractivity contribution in [2.24, 2.45) is 0 Å². The first-order valence-electron chi connectivity index (χ1n) is 9.86. The Bertz CT molecular complexity index is 1280. The largest absolute Gasteiger partial charge is 0.379 e. The summed E-state index contributed by atoms with van der Waals surface area (Å²) in [6.07, 6.45) is 0. The predicted octanol–water partition coefficient (Wildman–Crippen LogP) is 4.59. The van der Waals surface area contributed by atoms with Gasteiger partial charge in [-0.05, 0) is 79.9 Å². The molecule has 0 aromatic heterocycles. The number of anilines is 2. The highest BCUT2D eigenvalue weighted by Crippen LogP contribution is 2.24. The van der Waals surface area contributed by atoms with Crippen molar-refractivity contribution in [1.82, 2.24) is 0 Å². The van der Waals surface area contributed by atoms with Gasteiger partial charge in [0.15, 0.2) is 0 Å². The normalized spacial score (nSPS) is 11.0. The van der Waals surface area contributed by atoms with Crippen molar-refractivity contribution >= 4 is 33.3 Å². The summed E-state index contributed by atoms with van der Waals surface area (Å²) in [5, 5.41) is 5.47. The molecule has 3 aromatic carbocycles. The number of rotatable bonds is 6. The Morgan fingerprint density at radius 2 is 1.47 bits per heavy atom. The van der Waals surface area contributed by atoms with Crippen LogP contribution in [0.3, 0.4) is 0 Å². The summed E-state index contributed by atoms with van der Waals surface area (Å²) in [5.74, 6) is -0.485. The molecule has 8 heteroatoms. The quantitative estimate of drug-likeness (QED) is 0.533. The van der Waals surface area contributed by atoms with Gasteiger partial charge >= 0.3 is 10.1 Å². The van der Waals surface area contributed by atoms with E-state index in [4.69, 9.17) is 4.18 Å². The smallest absolute Gasteiger partial charge is 0.339 e. The topological polar surface area (TPSA) is 102 Å². The standard InChI is InChI=1S/C24H24N2O5S/c1-15-5-6-17(3)23(13-15)32(29,30)31-21-11-8-19(9-12-21)24(28)26-22-14-20(25-18(4)27)10-7-16(22)2/h5-14H,1-4H3,(H,25,27)(H,26,28). The average Bonchev–Trinajstić information content (AvgIpc) is 2.72. The van der Waals surface area contributed by atoms with Crippen molar-refractivity contribution < 1.29 is 22.2 Å². The van der Waals surface area contributed by atoms with Crippen LogP contribution >= 0.6 is 0 Å². The fourth-order valence-electron chi connectivity index (χ4n) is 3.04. The molecule has 0 unspecified atom stereocenters. The highest BCUT2D eigenvalue weighted by Gasteiger charge is 2.20. The third-order valence-electron chi connectivity index (χ3n) is 4.74. The lowest BCUT2D eigenvalue weighted by Crippen LogP contribution is -2.14. The minimum absolute atomic E-state index is 0.103. The monoisotopic (exact) mass is 452 g/mol. The summed E-state index contributed by atoms with van der Waals surface area (Å²) in [6, 6.07) is 16.1. The van der Waals surface area contributed by atoms with E-state index >= 15 is 0 Å². The van der Waals surface area contributed by atoms with Crippen LogP contribution in [0.15, 0.2) is 65.6 Å².